The molecule has 1 aromatic carbocycles. The molecule has 1 saturated heterocycles. The molecule has 0 spiro atoms. The van der Waals surface area contributed by atoms with Gasteiger partial charge in [0.1, 0.15) is 18.2 Å². The van der Waals surface area contributed by atoms with Crippen LogP contribution in [-0.2, 0) is 4.79 Å². The fourth-order valence-electron chi connectivity index (χ4n) is 3.34. The van der Waals surface area contributed by atoms with Gasteiger partial charge >= 0.3 is 0 Å². The number of hydrogen-bond acceptors (Lipinski definition) is 5. The molecule has 26 heavy (non-hydrogen) atoms. The third-order valence-electron chi connectivity index (χ3n) is 4.75. The lowest BCUT2D eigenvalue weighted by atomic mass is 10.0. The topological polar surface area (TPSA) is 105 Å². The third kappa shape index (κ3) is 3.51. The van der Waals surface area contributed by atoms with Gasteiger partial charge in [0, 0.05) is 20.7 Å². The largest absolute Gasteiger partial charge is 0.383 e. The van der Waals surface area contributed by atoms with E-state index in [1.807, 2.05) is 35.2 Å². The smallest absolute Gasteiger partial charge is 0.265 e. The van der Waals surface area contributed by atoms with Crippen LogP contribution >= 0.6 is 0 Å². The number of nitrogens with zero attached hydrogens (tertiary/aromatic N) is 3. The SMILES string of the molecule is N=Cc1c(N)ncn(C(C(=O)N2CCCCCC2)c2ccccc2)c1=O.[HH]. The number of nitrogen functional groups attached to an aromatic ring is 1. The van der Waals surface area contributed by atoms with Crippen molar-refractivity contribution in [1.29, 1.82) is 5.41 Å². The van der Waals surface area contributed by atoms with Crippen LogP contribution in [0.2, 0.25) is 0 Å². The molecule has 3 N–H and O–H groups in total. The number of carbonyl (C=O) groups is 1. The average Bonchev–Trinajstić information content (AvgIpc) is 2.94. The van der Waals surface area contributed by atoms with Crippen molar-refractivity contribution in [2.24, 2.45) is 0 Å². The molecule has 138 valence electrons. The van der Waals surface area contributed by atoms with Gasteiger partial charge in [-0.2, -0.15) is 0 Å². The lowest BCUT2D eigenvalue weighted by molar-refractivity contribution is -0.133. The maximum Gasteiger partial charge on any atom is 0.265 e. The first-order valence-electron chi connectivity index (χ1n) is 8.84. The third-order valence-corrected chi connectivity index (χ3v) is 4.75. The van der Waals surface area contributed by atoms with Crippen LogP contribution in [0.15, 0.2) is 41.5 Å². The normalized spacial score (nSPS) is 15.9. The van der Waals surface area contributed by atoms with Crippen LogP contribution < -0.4 is 11.3 Å². The molecule has 1 aromatic heterocycles. The van der Waals surface area contributed by atoms with Crippen molar-refractivity contribution < 1.29 is 6.22 Å². The van der Waals surface area contributed by atoms with E-state index in [9.17, 15) is 9.59 Å². The van der Waals surface area contributed by atoms with Crippen molar-refractivity contribution in [1.82, 2.24) is 14.5 Å². The second-order valence-corrected chi connectivity index (χ2v) is 6.45. The Balaban J connectivity index is 0.00000261. The van der Waals surface area contributed by atoms with Gasteiger partial charge in [0.2, 0.25) is 5.91 Å². The van der Waals surface area contributed by atoms with Gasteiger partial charge in [-0.1, -0.05) is 43.2 Å². The molecule has 0 radical (unpaired) electrons. The van der Waals surface area contributed by atoms with Crippen molar-refractivity contribution >= 4 is 17.9 Å². The Kier molecular flexibility index (Phi) is 5.46. The van der Waals surface area contributed by atoms with Crippen LogP contribution in [0.5, 0.6) is 0 Å². The first-order chi connectivity index (χ1) is 12.6. The van der Waals surface area contributed by atoms with Gasteiger partial charge < -0.3 is 16.0 Å². The maximum atomic E-state index is 13.3. The van der Waals surface area contributed by atoms with Gasteiger partial charge in [-0.05, 0) is 18.4 Å². The van der Waals surface area contributed by atoms with E-state index in [4.69, 9.17) is 11.1 Å². The van der Waals surface area contributed by atoms with E-state index in [2.05, 4.69) is 4.98 Å². The van der Waals surface area contributed by atoms with E-state index in [0.29, 0.717) is 18.7 Å². The van der Waals surface area contributed by atoms with Crippen LogP contribution in [0.3, 0.4) is 0 Å². The molecule has 1 fully saturated rings. The Morgan fingerprint density at radius 1 is 1.19 bits per heavy atom. The predicted molar refractivity (Wildman–Crippen MR) is 103 cm³/mol. The zero-order chi connectivity index (χ0) is 18.5. The molecular formula is C19H25N5O2. The number of nitrogens with one attached hydrogen (secondary N) is 1. The van der Waals surface area contributed by atoms with Crippen LogP contribution in [0.4, 0.5) is 5.82 Å². The number of anilines is 1. The Morgan fingerprint density at radius 3 is 2.46 bits per heavy atom. The van der Waals surface area contributed by atoms with Gasteiger partial charge in [-0.15, -0.1) is 0 Å². The number of hydrogen-bond donors (Lipinski definition) is 2. The van der Waals surface area contributed by atoms with E-state index in [1.165, 1.54) is 10.9 Å². The minimum absolute atomic E-state index is 0. The molecule has 3 rings (SSSR count). The molecule has 2 heterocycles. The van der Waals surface area contributed by atoms with Crippen molar-refractivity contribution in [3.63, 3.8) is 0 Å². The monoisotopic (exact) mass is 355 g/mol. The quantitative estimate of drug-likeness (QED) is 0.819. The molecule has 1 aliphatic rings. The van der Waals surface area contributed by atoms with E-state index in [0.717, 1.165) is 31.9 Å². The van der Waals surface area contributed by atoms with Crippen LogP contribution in [-0.4, -0.2) is 39.7 Å². The van der Waals surface area contributed by atoms with Gasteiger partial charge in [-0.3, -0.25) is 14.2 Å². The van der Waals surface area contributed by atoms with Crippen LogP contribution in [0.25, 0.3) is 0 Å². The number of aromatic nitrogens is 2. The summed E-state index contributed by atoms with van der Waals surface area (Å²) in [5.41, 5.74) is 5.94. The standard InChI is InChI=1S/C19H23N5O2.H2/c20-12-15-17(21)22-13-24(18(15)25)16(14-8-4-3-5-9-14)19(26)23-10-6-1-2-7-11-23;/h3-5,8-9,12-13,16,20H,1-2,6-7,10-11,21H2;1H. The summed E-state index contributed by atoms with van der Waals surface area (Å²) in [5, 5.41) is 7.45. The Labute approximate surface area is 153 Å². The Morgan fingerprint density at radius 2 is 1.85 bits per heavy atom. The summed E-state index contributed by atoms with van der Waals surface area (Å²) >= 11 is 0. The van der Waals surface area contributed by atoms with Gasteiger partial charge in [0.05, 0.1) is 5.56 Å². The summed E-state index contributed by atoms with van der Waals surface area (Å²) in [7, 11) is 0. The molecule has 0 saturated carbocycles. The average molecular weight is 355 g/mol. The molecule has 1 atom stereocenters. The molecule has 0 bridgehead atoms. The number of carbonyl (C=O) groups excluding carboxylic acids is 1. The number of likely N-dealkylation sites (tertiary alicyclic amines) is 1. The van der Waals surface area contributed by atoms with Gasteiger partial charge in [0.15, 0.2) is 0 Å². The van der Waals surface area contributed by atoms with E-state index in [1.54, 1.807) is 0 Å². The molecule has 1 aliphatic heterocycles. The number of nitrogens with two attached hydrogens (primary N) is 1. The summed E-state index contributed by atoms with van der Waals surface area (Å²) in [5.74, 6) is -0.127. The lowest BCUT2D eigenvalue weighted by Crippen LogP contribution is -2.42. The van der Waals surface area contributed by atoms with Gasteiger partial charge in [-0.25, -0.2) is 4.98 Å². The highest BCUT2D eigenvalue weighted by atomic mass is 16.2. The second kappa shape index (κ2) is 7.95. The van der Waals surface area contributed by atoms with Crippen molar-refractivity contribution in [3.05, 3.63) is 58.1 Å². The van der Waals surface area contributed by atoms with Crippen molar-refractivity contribution in [2.45, 2.75) is 31.7 Å². The first kappa shape index (κ1) is 17.8. The van der Waals surface area contributed by atoms with Gasteiger partial charge in [0.25, 0.3) is 5.56 Å². The minimum atomic E-state index is -0.811. The molecule has 1 unspecified atom stereocenters. The number of rotatable bonds is 4. The van der Waals surface area contributed by atoms with E-state index in [-0.39, 0.29) is 18.7 Å². The zero-order valence-corrected chi connectivity index (χ0v) is 14.6. The van der Waals surface area contributed by atoms with Crippen LogP contribution in [0, 0.1) is 5.41 Å². The predicted octanol–water partition coefficient (Wildman–Crippen LogP) is 2.06. The highest BCUT2D eigenvalue weighted by Gasteiger charge is 2.29. The molecule has 7 heteroatoms. The van der Waals surface area contributed by atoms with Crippen LogP contribution in [0.1, 0.15) is 44.3 Å². The molecule has 1 amide bonds. The summed E-state index contributed by atoms with van der Waals surface area (Å²) in [6.07, 6.45) is 6.35. The summed E-state index contributed by atoms with van der Waals surface area (Å²) < 4.78 is 1.29. The number of benzene rings is 1. The molecular weight excluding hydrogens is 330 g/mol. The lowest BCUT2D eigenvalue weighted by Gasteiger charge is -2.27. The number of amides is 1. The highest BCUT2D eigenvalue weighted by molar-refractivity contribution is 5.85. The summed E-state index contributed by atoms with van der Waals surface area (Å²) in [6, 6.07) is 8.38. The zero-order valence-electron chi connectivity index (χ0n) is 14.6. The fourth-order valence-corrected chi connectivity index (χ4v) is 3.34. The summed E-state index contributed by atoms with van der Waals surface area (Å²) in [4.78, 5) is 32.0. The minimum Gasteiger partial charge on any atom is -0.383 e. The molecule has 0 aliphatic carbocycles. The summed E-state index contributed by atoms with van der Waals surface area (Å²) in [6.45, 7) is 1.38. The Bertz CT molecular complexity index is 845. The van der Waals surface area contributed by atoms with Crippen molar-refractivity contribution in [2.75, 3.05) is 18.8 Å². The first-order valence-corrected chi connectivity index (χ1v) is 8.84. The van der Waals surface area contributed by atoms with E-state index >= 15 is 0 Å². The van der Waals surface area contributed by atoms with Crippen molar-refractivity contribution in [3.8, 4) is 0 Å². The fraction of sp³-hybridized carbons (Fsp3) is 0.368. The molecule has 2 aromatic rings. The highest BCUT2D eigenvalue weighted by Crippen LogP contribution is 2.22. The second-order valence-electron chi connectivity index (χ2n) is 6.45. The molecule has 7 nitrogen and oxygen atoms in total. The van der Waals surface area contributed by atoms with E-state index < -0.39 is 11.6 Å². The maximum absolute atomic E-state index is 13.3. The Hall–Kier alpha value is -2.96.